The highest BCUT2D eigenvalue weighted by Gasteiger charge is 2.22. The Balaban J connectivity index is 1.13. The van der Waals surface area contributed by atoms with Gasteiger partial charge in [-0.2, -0.15) is 5.26 Å². The zero-order chi connectivity index (χ0) is 34.6. The minimum absolute atomic E-state index is 0.260. The summed E-state index contributed by atoms with van der Waals surface area (Å²) in [6.45, 7) is 0. The number of nitrogens with one attached hydrogen (secondary N) is 3. The van der Waals surface area contributed by atoms with E-state index >= 15 is 0 Å². The molecule has 6 aromatic rings. The predicted octanol–water partition coefficient (Wildman–Crippen LogP) is 9.23. The minimum Gasteiger partial charge on any atom is -0.354 e. The summed E-state index contributed by atoms with van der Waals surface area (Å²) in [5, 5.41) is 25.3. The van der Waals surface area contributed by atoms with E-state index in [4.69, 9.17) is 15.4 Å². The lowest BCUT2D eigenvalue weighted by atomic mass is 9.92. The van der Waals surface area contributed by atoms with Gasteiger partial charge in [-0.25, -0.2) is 9.98 Å². The molecule has 8 rings (SSSR count). The number of nitriles is 1. The Labute approximate surface area is 297 Å². The maximum Gasteiger partial charge on any atom is 0.159 e. The number of benzene rings is 6. The topological polar surface area (TPSA) is 96.4 Å². The molecule has 0 saturated heterocycles. The average molecular weight is 657 g/mol. The number of aliphatic imine (C=N–C) groups is 2. The summed E-state index contributed by atoms with van der Waals surface area (Å²) in [5.74, 6) is 1.46. The summed E-state index contributed by atoms with van der Waals surface area (Å²) < 4.78 is 0. The van der Waals surface area contributed by atoms with Gasteiger partial charge in [-0.15, -0.1) is 0 Å². The zero-order valence-corrected chi connectivity index (χ0v) is 27.6. The SMILES string of the molecule is N#Cc1ccc(C(=N)/C=C2\NC(c3ccccc3)=Cc3ccc(-c4ccc(C5=NC(c6ccccc6)=NC(c6ccccc6)N5)cc4)cc32)cc1. The van der Waals surface area contributed by atoms with E-state index < -0.39 is 0 Å². The Kier molecular flexibility index (Phi) is 8.43. The van der Waals surface area contributed by atoms with Crippen LogP contribution in [0.15, 0.2) is 174 Å². The number of nitrogens with zero attached hydrogens (tertiary/aromatic N) is 3. The van der Waals surface area contributed by atoms with Gasteiger partial charge in [0, 0.05) is 28.1 Å². The third kappa shape index (κ3) is 6.65. The molecule has 6 aromatic carbocycles. The van der Waals surface area contributed by atoms with Crippen molar-refractivity contribution in [3.63, 3.8) is 0 Å². The van der Waals surface area contributed by atoms with Crippen LogP contribution in [0.5, 0.6) is 0 Å². The molecule has 6 heteroatoms. The minimum atomic E-state index is -0.260. The Bertz CT molecular complexity index is 2400. The highest BCUT2D eigenvalue weighted by atomic mass is 15.2. The monoisotopic (exact) mass is 656 g/mol. The Morgan fingerprint density at radius 2 is 1.29 bits per heavy atom. The number of hydrogen-bond donors (Lipinski definition) is 3. The van der Waals surface area contributed by atoms with Crippen molar-refractivity contribution in [2.24, 2.45) is 9.98 Å². The number of hydrogen-bond acceptors (Lipinski definition) is 6. The molecule has 0 spiro atoms. The third-order valence-corrected chi connectivity index (χ3v) is 8.99. The number of allylic oxidation sites excluding steroid dienone is 1. The first kappa shape index (κ1) is 31.2. The van der Waals surface area contributed by atoms with E-state index in [1.807, 2.05) is 84.9 Å². The van der Waals surface area contributed by atoms with Crippen LogP contribution in [-0.4, -0.2) is 17.4 Å². The third-order valence-electron chi connectivity index (χ3n) is 8.99. The molecule has 2 heterocycles. The molecule has 0 fully saturated rings. The van der Waals surface area contributed by atoms with E-state index in [9.17, 15) is 5.26 Å². The summed E-state index contributed by atoms with van der Waals surface area (Å²) in [5.41, 5.74) is 11.7. The first-order valence-electron chi connectivity index (χ1n) is 16.7. The largest absolute Gasteiger partial charge is 0.354 e. The number of rotatable bonds is 7. The smallest absolute Gasteiger partial charge is 0.159 e. The maximum atomic E-state index is 9.24. The molecular formula is C45H32N6. The highest BCUT2D eigenvalue weighted by Crippen LogP contribution is 2.34. The lowest BCUT2D eigenvalue weighted by Gasteiger charge is -2.24. The first-order chi connectivity index (χ1) is 25.1. The molecule has 0 bridgehead atoms. The summed E-state index contributed by atoms with van der Waals surface area (Å²) in [4.78, 5) is 9.92. The van der Waals surface area contributed by atoms with Crippen molar-refractivity contribution in [1.29, 1.82) is 10.7 Å². The molecule has 0 saturated carbocycles. The van der Waals surface area contributed by atoms with E-state index in [1.165, 1.54) is 0 Å². The fraction of sp³-hybridized carbons (Fsp3) is 0.0222. The van der Waals surface area contributed by atoms with Crippen molar-refractivity contribution < 1.29 is 0 Å². The van der Waals surface area contributed by atoms with E-state index in [1.54, 1.807) is 12.1 Å². The van der Waals surface area contributed by atoms with E-state index in [-0.39, 0.29) is 6.17 Å². The average Bonchev–Trinajstić information content (AvgIpc) is 3.21. The van der Waals surface area contributed by atoms with Crippen LogP contribution < -0.4 is 10.6 Å². The molecule has 0 amide bonds. The molecule has 1 unspecified atom stereocenters. The van der Waals surface area contributed by atoms with Gasteiger partial charge in [0.2, 0.25) is 0 Å². The first-order valence-corrected chi connectivity index (χ1v) is 16.7. The van der Waals surface area contributed by atoms with Crippen molar-refractivity contribution in [3.05, 3.63) is 208 Å². The molecular weight excluding hydrogens is 625 g/mol. The van der Waals surface area contributed by atoms with Crippen LogP contribution in [0.1, 0.15) is 50.7 Å². The van der Waals surface area contributed by atoms with E-state index in [0.29, 0.717) is 17.1 Å². The van der Waals surface area contributed by atoms with E-state index in [0.717, 1.165) is 67.3 Å². The Morgan fingerprint density at radius 1 is 0.667 bits per heavy atom. The molecule has 51 heavy (non-hydrogen) atoms. The standard InChI is InChI=1S/C45H32N6/c46-29-30-16-18-32(19-17-30)40(47)28-42-39-26-37(24-25-38(39)27-41(48-42)33-10-4-1-5-11-33)31-20-22-36(23-21-31)45-50-43(34-12-6-2-7-13-34)49-44(51-45)35-14-8-3-9-15-35/h1-28,43,47-48H,(H,49,50,51)/b42-28-,47-40?. The van der Waals surface area contributed by atoms with Crippen LogP contribution in [0, 0.1) is 16.7 Å². The second-order valence-corrected chi connectivity index (χ2v) is 12.3. The fourth-order valence-electron chi connectivity index (χ4n) is 6.28. The lowest BCUT2D eigenvalue weighted by Crippen LogP contribution is -2.33. The second kappa shape index (κ2) is 13.8. The van der Waals surface area contributed by atoms with Crippen LogP contribution in [0.3, 0.4) is 0 Å². The highest BCUT2D eigenvalue weighted by molar-refractivity contribution is 6.13. The predicted molar refractivity (Wildman–Crippen MR) is 207 cm³/mol. The van der Waals surface area contributed by atoms with Gasteiger partial charge in [0.15, 0.2) is 5.84 Å². The van der Waals surface area contributed by atoms with Gasteiger partial charge in [-0.05, 0) is 63.7 Å². The quantitative estimate of drug-likeness (QED) is 0.150. The van der Waals surface area contributed by atoms with Gasteiger partial charge in [0.25, 0.3) is 0 Å². The van der Waals surface area contributed by atoms with Crippen molar-refractivity contribution in [2.45, 2.75) is 6.17 Å². The Hall–Kier alpha value is -7.10. The molecule has 0 aromatic heterocycles. The van der Waals surface area contributed by atoms with Crippen LogP contribution in [0.25, 0.3) is 28.6 Å². The summed E-state index contributed by atoms with van der Waals surface area (Å²) in [7, 11) is 0. The van der Waals surface area contributed by atoms with Crippen LogP contribution >= 0.6 is 0 Å². The molecule has 0 radical (unpaired) electrons. The molecule has 2 aliphatic rings. The van der Waals surface area contributed by atoms with Crippen LogP contribution in [-0.2, 0) is 0 Å². The van der Waals surface area contributed by atoms with Crippen molar-refractivity contribution in [1.82, 2.24) is 10.6 Å². The van der Waals surface area contributed by atoms with E-state index in [2.05, 4.69) is 89.5 Å². The van der Waals surface area contributed by atoms with Gasteiger partial charge in [0.05, 0.1) is 17.3 Å². The molecule has 1 atom stereocenters. The molecule has 2 aliphatic heterocycles. The summed E-state index contributed by atoms with van der Waals surface area (Å²) in [6, 6.07) is 54.7. The lowest BCUT2D eigenvalue weighted by molar-refractivity contribution is 0.674. The Morgan fingerprint density at radius 3 is 1.98 bits per heavy atom. The maximum absolute atomic E-state index is 9.24. The fourth-order valence-corrected chi connectivity index (χ4v) is 6.28. The molecule has 6 nitrogen and oxygen atoms in total. The molecule has 242 valence electrons. The van der Waals surface area contributed by atoms with Crippen LogP contribution in [0.4, 0.5) is 0 Å². The van der Waals surface area contributed by atoms with Crippen molar-refractivity contribution in [3.8, 4) is 17.2 Å². The van der Waals surface area contributed by atoms with Gasteiger partial charge in [-0.3, -0.25) is 0 Å². The van der Waals surface area contributed by atoms with Gasteiger partial charge >= 0.3 is 0 Å². The normalized spacial score (nSPS) is 15.6. The zero-order valence-electron chi connectivity index (χ0n) is 27.6. The van der Waals surface area contributed by atoms with Gasteiger partial charge in [0.1, 0.15) is 12.0 Å². The number of fused-ring (bicyclic) bond motifs is 1. The molecule has 0 aliphatic carbocycles. The number of amidine groups is 2. The summed E-state index contributed by atoms with van der Waals surface area (Å²) >= 11 is 0. The van der Waals surface area contributed by atoms with Gasteiger partial charge in [-0.1, -0.05) is 140 Å². The molecule has 3 N–H and O–H groups in total. The van der Waals surface area contributed by atoms with Crippen LogP contribution in [0.2, 0.25) is 0 Å². The van der Waals surface area contributed by atoms with Crippen molar-refractivity contribution >= 4 is 34.9 Å². The van der Waals surface area contributed by atoms with Crippen molar-refractivity contribution in [2.75, 3.05) is 0 Å². The summed E-state index contributed by atoms with van der Waals surface area (Å²) in [6.07, 6.45) is 3.76. The second-order valence-electron chi connectivity index (χ2n) is 12.3. The van der Waals surface area contributed by atoms with Gasteiger partial charge < -0.3 is 16.0 Å².